The van der Waals surface area contributed by atoms with E-state index in [1.807, 2.05) is 4.90 Å². The molecule has 1 aliphatic carbocycles. The van der Waals surface area contributed by atoms with Gasteiger partial charge < -0.3 is 9.80 Å². The quantitative estimate of drug-likeness (QED) is 0.750. The number of carbonyl (C=O) groups is 1. The molecule has 2 rings (SSSR count). The predicted octanol–water partition coefficient (Wildman–Crippen LogP) is 0.365. The summed E-state index contributed by atoms with van der Waals surface area (Å²) in [7, 11) is -2.90. The number of hydrogen-bond acceptors (Lipinski definition) is 4. The van der Waals surface area contributed by atoms with Gasteiger partial charge in [-0.2, -0.15) is 0 Å². The van der Waals surface area contributed by atoms with Gasteiger partial charge >= 0.3 is 0 Å². The summed E-state index contributed by atoms with van der Waals surface area (Å²) in [5.41, 5.74) is 0. The van der Waals surface area contributed by atoms with Crippen LogP contribution in [0.4, 0.5) is 0 Å². The van der Waals surface area contributed by atoms with Crippen LogP contribution in [0.3, 0.4) is 0 Å². The molecule has 1 saturated heterocycles. The van der Waals surface area contributed by atoms with Gasteiger partial charge in [0, 0.05) is 38.4 Å². The van der Waals surface area contributed by atoms with Crippen molar-refractivity contribution in [3.63, 3.8) is 0 Å². The van der Waals surface area contributed by atoms with E-state index in [-0.39, 0.29) is 11.7 Å². The van der Waals surface area contributed by atoms with Crippen LogP contribution in [0.25, 0.3) is 0 Å². The monoisotopic (exact) mass is 288 g/mol. The Hall–Kier alpha value is -0.620. The highest BCUT2D eigenvalue weighted by atomic mass is 32.2. The minimum Gasteiger partial charge on any atom is -0.341 e. The average molecular weight is 288 g/mol. The summed E-state index contributed by atoms with van der Waals surface area (Å²) in [4.78, 5) is 16.3. The van der Waals surface area contributed by atoms with Crippen LogP contribution in [0.15, 0.2) is 0 Å². The number of carbonyl (C=O) groups excluding carboxylic acids is 1. The number of rotatable bonds is 4. The van der Waals surface area contributed by atoms with Gasteiger partial charge in [0.1, 0.15) is 9.84 Å². The van der Waals surface area contributed by atoms with Crippen molar-refractivity contribution in [2.24, 2.45) is 5.92 Å². The third kappa shape index (κ3) is 4.45. The Balaban J connectivity index is 1.79. The molecule has 1 saturated carbocycles. The van der Waals surface area contributed by atoms with Gasteiger partial charge in [0.25, 0.3) is 0 Å². The summed E-state index contributed by atoms with van der Waals surface area (Å²) in [6, 6.07) is 0. The van der Waals surface area contributed by atoms with Crippen LogP contribution in [0.2, 0.25) is 0 Å². The zero-order valence-corrected chi connectivity index (χ0v) is 12.5. The van der Waals surface area contributed by atoms with E-state index in [1.54, 1.807) is 0 Å². The van der Waals surface area contributed by atoms with Crippen molar-refractivity contribution in [2.75, 3.05) is 44.7 Å². The predicted molar refractivity (Wildman–Crippen MR) is 74.7 cm³/mol. The fraction of sp³-hybridized carbons (Fsp3) is 0.923. The lowest BCUT2D eigenvalue weighted by atomic mass is 9.84. The second-order valence-corrected chi connectivity index (χ2v) is 8.04. The molecule has 0 bridgehead atoms. The first-order chi connectivity index (χ1) is 8.96. The van der Waals surface area contributed by atoms with Crippen molar-refractivity contribution in [1.82, 2.24) is 9.80 Å². The summed E-state index contributed by atoms with van der Waals surface area (Å²) in [6.07, 6.45) is 5.50. The van der Waals surface area contributed by atoms with E-state index < -0.39 is 9.84 Å². The lowest BCUT2D eigenvalue weighted by molar-refractivity contribution is -0.138. The summed E-state index contributed by atoms with van der Waals surface area (Å²) in [5.74, 6) is 0.794. The van der Waals surface area contributed by atoms with E-state index in [4.69, 9.17) is 0 Å². The maximum atomic E-state index is 12.2. The molecule has 2 fully saturated rings. The van der Waals surface area contributed by atoms with E-state index in [9.17, 15) is 13.2 Å². The van der Waals surface area contributed by atoms with E-state index in [0.29, 0.717) is 12.5 Å². The molecule has 2 aliphatic rings. The topological polar surface area (TPSA) is 57.7 Å². The lowest BCUT2D eigenvalue weighted by Gasteiger charge is -2.31. The molecule has 5 nitrogen and oxygen atoms in total. The first kappa shape index (κ1) is 14.8. The van der Waals surface area contributed by atoms with Crippen molar-refractivity contribution in [2.45, 2.75) is 25.7 Å². The Morgan fingerprint density at radius 3 is 2.42 bits per heavy atom. The van der Waals surface area contributed by atoms with Gasteiger partial charge in [-0.05, 0) is 25.8 Å². The molecule has 0 spiro atoms. The van der Waals surface area contributed by atoms with E-state index in [0.717, 1.165) is 45.4 Å². The molecular formula is C13H24N2O3S. The van der Waals surface area contributed by atoms with Gasteiger partial charge in [-0.25, -0.2) is 8.42 Å². The smallest absolute Gasteiger partial charge is 0.225 e. The number of hydrogen-bond donors (Lipinski definition) is 0. The standard InChI is InChI=1S/C13H24N2O3S/c1-19(17,18)11-10-14-6-3-7-15(9-8-14)13(16)12-4-2-5-12/h12H,2-11H2,1H3. The molecular weight excluding hydrogens is 264 g/mol. The summed E-state index contributed by atoms with van der Waals surface area (Å²) < 4.78 is 22.4. The van der Waals surface area contributed by atoms with Crippen LogP contribution in [-0.4, -0.2) is 68.9 Å². The van der Waals surface area contributed by atoms with Crippen LogP contribution in [0, 0.1) is 5.92 Å². The third-order valence-electron chi connectivity index (χ3n) is 4.13. The van der Waals surface area contributed by atoms with E-state index >= 15 is 0 Å². The number of amides is 1. The molecule has 0 atom stereocenters. The van der Waals surface area contributed by atoms with Gasteiger partial charge in [-0.15, -0.1) is 0 Å². The Morgan fingerprint density at radius 1 is 1.11 bits per heavy atom. The zero-order chi connectivity index (χ0) is 13.9. The highest BCUT2D eigenvalue weighted by molar-refractivity contribution is 7.90. The Morgan fingerprint density at radius 2 is 1.84 bits per heavy atom. The normalized spacial score (nSPS) is 22.9. The minimum absolute atomic E-state index is 0.212. The van der Waals surface area contributed by atoms with Crippen LogP contribution in [0.1, 0.15) is 25.7 Å². The average Bonchev–Trinajstić information content (AvgIpc) is 2.48. The molecule has 0 aromatic carbocycles. The van der Waals surface area contributed by atoms with Crippen molar-refractivity contribution in [3.8, 4) is 0 Å². The lowest BCUT2D eigenvalue weighted by Crippen LogP contribution is -2.41. The highest BCUT2D eigenvalue weighted by Crippen LogP contribution is 2.28. The molecule has 0 radical (unpaired) electrons. The third-order valence-corrected chi connectivity index (χ3v) is 5.06. The van der Waals surface area contributed by atoms with Crippen LogP contribution >= 0.6 is 0 Å². The molecule has 0 aromatic heterocycles. The van der Waals surface area contributed by atoms with Gasteiger partial charge in [-0.3, -0.25) is 4.79 Å². The van der Waals surface area contributed by atoms with E-state index in [2.05, 4.69) is 4.90 Å². The summed E-state index contributed by atoms with van der Waals surface area (Å²) in [5, 5.41) is 0. The van der Waals surface area contributed by atoms with Gasteiger partial charge in [0.15, 0.2) is 0 Å². The molecule has 0 N–H and O–H groups in total. The van der Waals surface area contributed by atoms with Crippen LogP contribution < -0.4 is 0 Å². The van der Waals surface area contributed by atoms with Crippen molar-refractivity contribution in [1.29, 1.82) is 0 Å². The second-order valence-electron chi connectivity index (χ2n) is 5.78. The van der Waals surface area contributed by atoms with Gasteiger partial charge in [0.2, 0.25) is 5.91 Å². The molecule has 0 unspecified atom stereocenters. The Bertz CT molecular complexity index is 418. The zero-order valence-electron chi connectivity index (χ0n) is 11.7. The van der Waals surface area contributed by atoms with Crippen molar-refractivity contribution >= 4 is 15.7 Å². The van der Waals surface area contributed by atoms with Gasteiger partial charge in [0.05, 0.1) is 5.75 Å². The first-order valence-electron chi connectivity index (χ1n) is 7.14. The SMILES string of the molecule is CS(=O)(=O)CCN1CCCN(C(=O)C2CCC2)CC1. The highest BCUT2D eigenvalue weighted by Gasteiger charge is 2.30. The van der Waals surface area contributed by atoms with Crippen LogP contribution in [0.5, 0.6) is 0 Å². The molecule has 1 amide bonds. The largest absolute Gasteiger partial charge is 0.341 e. The number of sulfone groups is 1. The molecule has 19 heavy (non-hydrogen) atoms. The van der Waals surface area contributed by atoms with Crippen LogP contribution in [-0.2, 0) is 14.6 Å². The minimum atomic E-state index is -2.90. The number of nitrogens with zero attached hydrogens (tertiary/aromatic N) is 2. The van der Waals surface area contributed by atoms with E-state index in [1.165, 1.54) is 12.7 Å². The molecule has 110 valence electrons. The second kappa shape index (κ2) is 6.22. The van der Waals surface area contributed by atoms with Crippen molar-refractivity contribution < 1.29 is 13.2 Å². The Labute approximate surface area is 115 Å². The maximum absolute atomic E-state index is 12.2. The molecule has 1 aliphatic heterocycles. The molecule has 6 heteroatoms. The van der Waals surface area contributed by atoms with Gasteiger partial charge in [-0.1, -0.05) is 6.42 Å². The summed E-state index contributed by atoms with van der Waals surface area (Å²) >= 11 is 0. The molecule has 1 heterocycles. The maximum Gasteiger partial charge on any atom is 0.225 e. The Kier molecular flexibility index (Phi) is 4.84. The fourth-order valence-corrected chi connectivity index (χ4v) is 3.21. The van der Waals surface area contributed by atoms with Crippen molar-refractivity contribution in [3.05, 3.63) is 0 Å². The molecule has 0 aromatic rings. The first-order valence-corrected chi connectivity index (χ1v) is 9.20. The summed E-state index contributed by atoms with van der Waals surface area (Å²) in [6.45, 7) is 3.85. The fourth-order valence-electron chi connectivity index (χ4n) is 2.62.